The Hall–Kier alpha value is -1.69. The molecule has 1 aromatic heterocycles. The molecule has 0 saturated carbocycles. The summed E-state index contributed by atoms with van der Waals surface area (Å²) in [5, 5.41) is 2.92. The number of hydrogen-bond acceptors (Lipinski definition) is 6. The Bertz CT molecular complexity index is 354. The van der Waals surface area contributed by atoms with E-state index in [0.29, 0.717) is 30.3 Å². The van der Waals surface area contributed by atoms with Crippen molar-refractivity contribution in [1.82, 2.24) is 9.97 Å². The number of hydrogen-bond donors (Lipinski definition) is 2. The number of ether oxygens (including phenoxy) is 1. The van der Waals surface area contributed by atoms with E-state index in [-0.39, 0.29) is 0 Å². The lowest BCUT2D eigenvalue weighted by molar-refractivity contribution is 0.0599. The van der Waals surface area contributed by atoms with Gasteiger partial charge in [0, 0.05) is 19.3 Å². The lowest BCUT2D eigenvalue weighted by Gasteiger charge is -2.06. The third kappa shape index (κ3) is 2.88. The fraction of sp³-hybridized carbons (Fsp3) is 0.444. The normalized spacial score (nSPS) is 9.80. The predicted molar refractivity (Wildman–Crippen MR) is 55.7 cm³/mol. The average molecular weight is 210 g/mol. The van der Waals surface area contributed by atoms with E-state index in [0.717, 1.165) is 0 Å². The Balaban J connectivity index is 2.83. The summed E-state index contributed by atoms with van der Waals surface area (Å²) in [4.78, 5) is 19.3. The molecule has 0 amide bonds. The number of methoxy groups -OCH3 is 1. The van der Waals surface area contributed by atoms with Crippen molar-refractivity contribution in [3.05, 3.63) is 17.5 Å². The Labute approximate surface area is 87.9 Å². The van der Waals surface area contributed by atoms with Gasteiger partial charge in [-0.1, -0.05) is 0 Å². The Morgan fingerprint density at radius 1 is 1.67 bits per heavy atom. The lowest BCUT2D eigenvalue weighted by Crippen LogP contribution is -2.16. The minimum atomic E-state index is -0.433. The first-order chi connectivity index (χ1) is 7.19. The highest BCUT2D eigenvalue weighted by Crippen LogP contribution is 2.07. The van der Waals surface area contributed by atoms with Crippen molar-refractivity contribution in [3.63, 3.8) is 0 Å². The van der Waals surface area contributed by atoms with E-state index in [4.69, 9.17) is 5.73 Å². The number of anilines is 1. The highest BCUT2D eigenvalue weighted by molar-refractivity contribution is 5.90. The van der Waals surface area contributed by atoms with E-state index in [1.807, 2.05) is 0 Å². The van der Waals surface area contributed by atoms with Gasteiger partial charge in [0.2, 0.25) is 5.95 Å². The fourth-order valence-corrected chi connectivity index (χ4v) is 1.05. The first-order valence-corrected chi connectivity index (χ1v) is 4.55. The van der Waals surface area contributed by atoms with Gasteiger partial charge in [-0.2, -0.15) is 0 Å². The second-order valence-electron chi connectivity index (χ2n) is 2.90. The van der Waals surface area contributed by atoms with E-state index in [1.54, 1.807) is 6.92 Å². The van der Waals surface area contributed by atoms with Crippen LogP contribution >= 0.6 is 0 Å². The van der Waals surface area contributed by atoms with Crippen LogP contribution in [0.2, 0.25) is 0 Å². The molecule has 0 unspecified atom stereocenters. The van der Waals surface area contributed by atoms with Crippen LogP contribution in [-0.2, 0) is 4.74 Å². The van der Waals surface area contributed by atoms with Gasteiger partial charge < -0.3 is 15.8 Å². The van der Waals surface area contributed by atoms with Gasteiger partial charge in [0.25, 0.3) is 0 Å². The van der Waals surface area contributed by atoms with Crippen molar-refractivity contribution < 1.29 is 9.53 Å². The van der Waals surface area contributed by atoms with Gasteiger partial charge in [-0.25, -0.2) is 14.8 Å². The van der Waals surface area contributed by atoms with Crippen molar-refractivity contribution in [1.29, 1.82) is 0 Å². The molecule has 0 radical (unpaired) electrons. The molecule has 6 heteroatoms. The summed E-state index contributed by atoms with van der Waals surface area (Å²) in [5.74, 6) is 0.0310. The number of rotatable bonds is 4. The Morgan fingerprint density at radius 2 is 2.40 bits per heavy atom. The molecule has 3 N–H and O–H groups in total. The van der Waals surface area contributed by atoms with Crippen molar-refractivity contribution >= 4 is 11.9 Å². The maximum atomic E-state index is 11.2. The molecule has 6 nitrogen and oxygen atoms in total. The van der Waals surface area contributed by atoms with Crippen molar-refractivity contribution in [2.45, 2.75) is 6.92 Å². The van der Waals surface area contributed by atoms with Crippen LogP contribution in [0.5, 0.6) is 0 Å². The molecule has 0 aliphatic carbocycles. The monoisotopic (exact) mass is 210 g/mol. The molecule has 0 aromatic carbocycles. The number of carbonyl (C=O) groups is 1. The zero-order chi connectivity index (χ0) is 11.3. The summed E-state index contributed by atoms with van der Waals surface area (Å²) in [6, 6.07) is 0. The van der Waals surface area contributed by atoms with Crippen LogP contribution in [-0.4, -0.2) is 36.1 Å². The largest absolute Gasteiger partial charge is 0.465 e. The second kappa shape index (κ2) is 5.26. The predicted octanol–water partition coefficient (Wildman–Crippen LogP) is -0.0578. The second-order valence-corrected chi connectivity index (χ2v) is 2.90. The van der Waals surface area contributed by atoms with Crippen LogP contribution in [0.4, 0.5) is 5.95 Å². The van der Waals surface area contributed by atoms with Crippen LogP contribution < -0.4 is 11.1 Å². The Kier molecular flexibility index (Phi) is 3.99. The maximum absolute atomic E-state index is 11.2. The summed E-state index contributed by atoms with van der Waals surface area (Å²) < 4.78 is 4.58. The minimum absolute atomic E-state index is 0.371. The fourth-order valence-electron chi connectivity index (χ4n) is 1.05. The number of nitrogens with one attached hydrogen (secondary N) is 1. The van der Waals surface area contributed by atoms with Crippen LogP contribution in [0, 0.1) is 6.92 Å². The van der Waals surface area contributed by atoms with Gasteiger partial charge in [0.05, 0.1) is 18.4 Å². The molecule has 1 rings (SSSR count). The van der Waals surface area contributed by atoms with Gasteiger partial charge in [-0.05, 0) is 6.92 Å². The number of esters is 1. The topological polar surface area (TPSA) is 90.1 Å². The van der Waals surface area contributed by atoms with Gasteiger partial charge in [-0.15, -0.1) is 0 Å². The van der Waals surface area contributed by atoms with Crippen LogP contribution in [0.15, 0.2) is 6.20 Å². The molecule has 0 spiro atoms. The summed E-state index contributed by atoms with van der Waals surface area (Å²) in [6.07, 6.45) is 1.44. The maximum Gasteiger partial charge on any atom is 0.341 e. The van der Waals surface area contributed by atoms with Gasteiger partial charge >= 0.3 is 5.97 Å². The molecule has 82 valence electrons. The zero-order valence-corrected chi connectivity index (χ0v) is 8.78. The highest BCUT2D eigenvalue weighted by Gasteiger charge is 2.11. The van der Waals surface area contributed by atoms with Gasteiger partial charge in [0.1, 0.15) is 0 Å². The number of nitrogens with zero attached hydrogens (tertiary/aromatic N) is 2. The standard InChI is InChI=1S/C9H14N4O2/c1-6-7(8(14)15-2)5-12-9(13-6)11-4-3-10/h5H,3-4,10H2,1-2H3,(H,11,12,13). The van der Waals surface area contributed by atoms with E-state index < -0.39 is 5.97 Å². The molecule has 1 heterocycles. The average Bonchev–Trinajstić information content (AvgIpc) is 2.25. The molecule has 0 bridgehead atoms. The Morgan fingerprint density at radius 3 is 2.93 bits per heavy atom. The molecule has 15 heavy (non-hydrogen) atoms. The molecular weight excluding hydrogens is 196 g/mol. The van der Waals surface area contributed by atoms with Crippen LogP contribution in [0.3, 0.4) is 0 Å². The summed E-state index contributed by atoms with van der Waals surface area (Å²) >= 11 is 0. The molecule has 0 atom stereocenters. The summed E-state index contributed by atoms with van der Waals surface area (Å²) in [6.45, 7) is 2.82. The van der Waals surface area contributed by atoms with E-state index in [2.05, 4.69) is 20.0 Å². The molecule has 0 aliphatic rings. The number of aryl methyl sites for hydroxylation is 1. The third-order valence-electron chi connectivity index (χ3n) is 1.81. The van der Waals surface area contributed by atoms with E-state index in [1.165, 1.54) is 13.3 Å². The van der Waals surface area contributed by atoms with Crippen molar-refractivity contribution in [3.8, 4) is 0 Å². The van der Waals surface area contributed by atoms with Crippen LogP contribution in [0.25, 0.3) is 0 Å². The SMILES string of the molecule is COC(=O)c1cnc(NCCN)nc1C. The molecule has 1 aromatic rings. The first-order valence-electron chi connectivity index (χ1n) is 4.55. The third-order valence-corrected chi connectivity index (χ3v) is 1.81. The van der Waals surface area contributed by atoms with Crippen LogP contribution in [0.1, 0.15) is 16.1 Å². The molecule has 0 aliphatic heterocycles. The highest BCUT2D eigenvalue weighted by atomic mass is 16.5. The molecule has 0 saturated heterocycles. The molecular formula is C9H14N4O2. The quantitative estimate of drug-likeness (QED) is 0.677. The first kappa shape index (κ1) is 11.4. The van der Waals surface area contributed by atoms with Gasteiger partial charge in [0.15, 0.2) is 0 Å². The minimum Gasteiger partial charge on any atom is -0.465 e. The summed E-state index contributed by atoms with van der Waals surface area (Å²) in [5.41, 5.74) is 6.27. The lowest BCUT2D eigenvalue weighted by atomic mass is 10.2. The number of nitrogens with two attached hydrogens (primary N) is 1. The van der Waals surface area contributed by atoms with Crippen molar-refractivity contribution in [2.75, 3.05) is 25.5 Å². The number of carbonyl (C=O) groups excluding carboxylic acids is 1. The smallest absolute Gasteiger partial charge is 0.341 e. The summed E-state index contributed by atoms with van der Waals surface area (Å²) in [7, 11) is 1.32. The van der Waals surface area contributed by atoms with Gasteiger partial charge in [-0.3, -0.25) is 0 Å². The zero-order valence-electron chi connectivity index (χ0n) is 8.78. The van der Waals surface area contributed by atoms with E-state index in [9.17, 15) is 4.79 Å². The number of aromatic nitrogens is 2. The van der Waals surface area contributed by atoms with Crippen molar-refractivity contribution in [2.24, 2.45) is 5.73 Å². The van der Waals surface area contributed by atoms with E-state index >= 15 is 0 Å². The molecule has 0 fully saturated rings.